The maximum Gasteiger partial charge on any atom is 0.224 e. The Bertz CT molecular complexity index is 359. The summed E-state index contributed by atoms with van der Waals surface area (Å²) in [4.78, 5) is 11.4. The minimum atomic E-state index is 0.00113. The van der Waals surface area contributed by atoms with Crippen LogP contribution in [0.2, 0.25) is 5.02 Å². The average molecular weight is 355 g/mol. The first-order chi connectivity index (χ1) is 7.04. The Morgan fingerprint density at radius 2 is 1.93 bits per heavy atom. The topological polar surface area (TPSA) is 29.1 Å². The van der Waals surface area contributed by atoms with Gasteiger partial charge in [0.05, 0.1) is 5.69 Å². The summed E-state index contributed by atoms with van der Waals surface area (Å²) < 4.78 is 1.54. The third-order valence-electron chi connectivity index (χ3n) is 1.75. The van der Waals surface area contributed by atoms with E-state index in [0.717, 1.165) is 21.1 Å². The van der Waals surface area contributed by atoms with E-state index in [9.17, 15) is 4.79 Å². The van der Waals surface area contributed by atoms with Crippen LogP contribution < -0.4 is 5.32 Å². The van der Waals surface area contributed by atoms with Gasteiger partial charge in [-0.2, -0.15) is 0 Å². The van der Waals surface area contributed by atoms with Gasteiger partial charge in [0.2, 0.25) is 5.91 Å². The number of amides is 1. The van der Waals surface area contributed by atoms with Gasteiger partial charge in [-0.1, -0.05) is 18.5 Å². The molecule has 1 rings (SSSR count). The highest BCUT2D eigenvalue weighted by Gasteiger charge is 2.09. The second kappa shape index (κ2) is 5.87. The Kier molecular flexibility index (Phi) is 5.09. The summed E-state index contributed by atoms with van der Waals surface area (Å²) in [7, 11) is 0. The van der Waals surface area contributed by atoms with Crippen molar-refractivity contribution < 1.29 is 4.79 Å². The Balaban J connectivity index is 2.90. The van der Waals surface area contributed by atoms with Crippen molar-refractivity contribution in [1.82, 2.24) is 0 Å². The Hall–Kier alpha value is -0.0600. The van der Waals surface area contributed by atoms with Gasteiger partial charge >= 0.3 is 0 Å². The first-order valence-corrected chi connectivity index (χ1v) is 6.45. The lowest BCUT2D eigenvalue weighted by atomic mass is 10.3. The molecule has 1 amide bonds. The zero-order valence-electron chi connectivity index (χ0n) is 8.11. The summed E-state index contributed by atoms with van der Waals surface area (Å²) in [6.07, 6.45) is 1.34. The Morgan fingerprint density at radius 3 is 2.40 bits per heavy atom. The largest absolute Gasteiger partial charge is 0.324 e. The van der Waals surface area contributed by atoms with Gasteiger partial charge in [-0.15, -0.1) is 0 Å². The number of carbonyl (C=O) groups is 1. The fourth-order valence-corrected chi connectivity index (χ4v) is 2.96. The normalized spacial score (nSPS) is 10.1. The number of halogens is 3. The second-order valence-corrected chi connectivity index (χ2v) is 5.19. The zero-order chi connectivity index (χ0) is 11.4. The zero-order valence-corrected chi connectivity index (χ0v) is 12.0. The van der Waals surface area contributed by atoms with Crippen LogP contribution in [0.3, 0.4) is 0 Å². The van der Waals surface area contributed by atoms with Crippen LogP contribution in [0.1, 0.15) is 19.8 Å². The molecule has 82 valence electrons. The molecule has 0 saturated heterocycles. The predicted molar refractivity (Wildman–Crippen MR) is 70.4 cm³/mol. The molecule has 0 aliphatic heterocycles. The highest BCUT2D eigenvalue weighted by atomic mass is 79.9. The van der Waals surface area contributed by atoms with E-state index in [4.69, 9.17) is 11.6 Å². The van der Waals surface area contributed by atoms with E-state index in [1.165, 1.54) is 0 Å². The molecule has 0 unspecified atom stereocenters. The molecule has 0 aliphatic rings. The van der Waals surface area contributed by atoms with Crippen molar-refractivity contribution in [2.45, 2.75) is 19.8 Å². The van der Waals surface area contributed by atoms with E-state index >= 15 is 0 Å². The molecule has 2 nitrogen and oxygen atoms in total. The van der Waals surface area contributed by atoms with Crippen LogP contribution in [0.15, 0.2) is 21.1 Å². The first-order valence-electron chi connectivity index (χ1n) is 4.49. The number of nitrogens with one attached hydrogen (secondary N) is 1. The van der Waals surface area contributed by atoms with Crippen molar-refractivity contribution in [3.8, 4) is 0 Å². The van der Waals surface area contributed by atoms with Crippen LogP contribution in [0.25, 0.3) is 0 Å². The van der Waals surface area contributed by atoms with Crippen molar-refractivity contribution in [1.29, 1.82) is 0 Å². The number of rotatable bonds is 3. The van der Waals surface area contributed by atoms with E-state index in [2.05, 4.69) is 37.2 Å². The SMILES string of the molecule is CCCC(=O)Nc1c(Br)cc(Cl)cc1Br. The van der Waals surface area contributed by atoms with Crippen molar-refractivity contribution in [3.05, 3.63) is 26.1 Å². The van der Waals surface area contributed by atoms with Crippen molar-refractivity contribution >= 4 is 55.1 Å². The molecule has 1 N–H and O–H groups in total. The van der Waals surface area contributed by atoms with Gasteiger partial charge in [-0.05, 0) is 50.4 Å². The molecule has 0 aliphatic carbocycles. The highest BCUT2D eigenvalue weighted by molar-refractivity contribution is 9.11. The Morgan fingerprint density at radius 1 is 1.40 bits per heavy atom. The minimum Gasteiger partial charge on any atom is -0.324 e. The van der Waals surface area contributed by atoms with E-state index in [1.807, 2.05) is 6.92 Å². The summed E-state index contributed by atoms with van der Waals surface area (Å²) in [6, 6.07) is 3.49. The van der Waals surface area contributed by atoms with Gasteiger partial charge in [0.1, 0.15) is 0 Å². The van der Waals surface area contributed by atoms with Crippen LogP contribution in [-0.4, -0.2) is 5.91 Å². The van der Waals surface area contributed by atoms with Crippen molar-refractivity contribution in [2.24, 2.45) is 0 Å². The fourth-order valence-electron chi connectivity index (χ4n) is 1.09. The molecule has 5 heteroatoms. The molecule has 0 bridgehead atoms. The molecule has 1 aromatic carbocycles. The second-order valence-electron chi connectivity index (χ2n) is 3.04. The maximum atomic E-state index is 11.4. The molecular weight excluding hydrogens is 345 g/mol. The van der Waals surface area contributed by atoms with E-state index < -0.39 is 0 Å². The number of hydrogen-bond acceptors (Lipinski definition) is 1. The lowest BCUT2D eigenvalue weighted by molar-refractivity contribution is -0.116. The van der Waals surface area contributed by atoms with Gasteiger partial charge in [-0.3, -0.25) is 4.79 Å². The lowest BCUT2D eigenvalue weighted by Gasteiger charge is -2.09. The molecule has 0 atom stereocenters. The van der Waals surface area contributed by atoms with Gasteiger partial charge < -0.3 is 5.32 Å². The smallest absolute Gasteiger partial charge is 0.224 e. The third kappa shape index (κ3) is 3.78. The van der Waals surface area contributed by atoms with Gasteiger partial charge in [0.25, 0.3) is 0 Å². The summed E-state index contributed by atoms with van der Waals surface area (Å²) in [6.45, 7) is 1.96. The number of anilines is 1. The maximum absolute atomic E-state index is 11.4. The quantitative estimate of drug-likeness (QED) is 0.843. The standard InChI is InChI=1S/C10H10Br2ClNO/c1-2-3-9(15)14-10-7(11)4-6(13)5-8(10)12/h4-5H,2-3H2,1H3,(H,14,15). The van der Waals surface area contributed by atoms with Crippen LogP contribution in [0.5, 0.6) is 0 Å². The van der Waals surface area contributed by atoms with Crippen LogP contribution in [-0.2, 0) is 4.79 Å². The monoisotopic (exact) mass is 353 g/mol. The lowest BCUT2D eigenvalue weighted by Crippen LogP contribution is -2.11. The van der Waals surface area contributed by atoms with E-state index in [1.54, 1.807) is 12.1 Å². The molecular formula is C10H10Br2ClNO. The molecule has 15 heavy (non-hydrogen) atoms. The summed E-state index contributed by atoms with van der Waals surface area (Å²) in [5, 5.41) is 3.43. The molecule has 0 fully saturated rings. The number of carbonyl (C=O) groups excluding carboxylic acids is 1. The average Bonchev–Trinajstić information content (AvgIpc) is 2.11. The van der Waals surface area contributed by atoms with Gasteiger partial charge in [0.15, 0.2) is 0 Å². The van der Waals surface area contributed by atoms with Crippen LogP contribution in [0.4, 0.5) is 5.69 Å². The summed E-state index contributed by atoms with van der Waals surface area (Å²) in [5.41, 5.74) is 0.720. The van der Waals surface area contributed by atoms with Crippen LogP contribution in [0, 0.1) is 0 Å². The van der Waals surface area contributed by atoms with Gasteiger partial charge in [0, 0.05) is 20.4 Å². The summed E-state index contributed by atoms with van der Waals surface area (Å²) >= 11 is 12.5. The van der Waals surface area contributed by atoms with Crippen LogP contribution >= 0.6 is 43.5 Å². The molecule has 0 radical (unpaired) electrons. The van der Waals surface area contributed by atoms with Crippen molar-refractivity contribution in [3.63, 3.8) is 0 Å². The third-order valence-corrected chi connectivity index (χ3v) is 3.22. The minimum absolute atomic E-state index is 0.00113. The first kappa shape index (κ1) is 13.0. The number of benzene rings is 1. The molecule has 0 saturated carbocycles. The molecule has 1 aromatic rings. The van der Waals surface area contributed by atoms with Gasteiger partial charge in [-0.25, -0.2) is 0 Å². The van der Waals surface area contributed by atoms with Crippen molar-refractivity contribution in [2.75, 3.05) is 5.32 Å². The fraction of sp³-hybridized carbons (Fsp3) is 0.300. The summed E-state index contributed by atoms with van der Waals surface area (Å²) in [5.74, 6) is 0.00113. The Labute approximate surface area is 111 Å². The molecule has 0 spiro atoms. The molecule has 0 aromatic heterocycles. The van der Waals surface area contributed by atoms with E-state index in [0.29, 0.717) is 11.4 Å². The predicted octanol–water partition coefficient (Wildman–Crippen LogP) is 4.60. The highest BCUT2D eigenvalue weighted by Crippen LogP contribution is 2.34. The number of hydrogen-bond donors (Lipinski definition) is 1. The molecule has 0 heterocycles. The van der Waals surface area contributed by atoms with E-state index in [-0.39, 0.29) is 5.91 Å².